The van der Waals surface area contributed by atoms with Crippen molar-refractivity contribution in [2.45, 2.75) is 45.6 Å². The molecule has 1 aliphatic rings. The quantitative estimate of drug-likeness (QED) is 0.856. The highest BCUT2D eigenvalue weighted by Crippen LogP contribution is 2.26. The molecule has 3 N–H and O–H groups in total. The van der Waals surface area contributed by atoms with E-state index in [2.05, 4.69) is 35.3 Å². The number of rotatable bonds is 5. The van der Waals surface area contributed by atoms with Crippen molar-refractivity contribution >= 4 is 17.2 Å². The third kappa shape index (κ3) is 4.33. The molecule has 0 bridgehead atoms. The van der Waals surface area contributed by atoms with Crippen LogP contribution in [0.2, 0.25) is 0 Å². The van der Waals surface area contributed by atoms with Crippen LogP contribution < -0.4 is 16.0 Å². The highest BCUT2D eigenvalue weighted by atomic mass is 15.2. The molecule has 5 heteroatoms. The topological polar surface area (TPSA) is 78.0 Å². The van der Waals surface area contributed by atoms with Gasteiger partial charge in [0.15, 0.2) is 0 Å². The second-order valence-electron chi connectivity index (χ2n) is 7.07. The molecule has 2 aromatic rings. The molecule has 136 valence electrons. The van der Waals surface area contributed by atoms with Crippen molar-refractivity contribution in [1.29, 1.82) is 5.26 Å². The molecule has 1 saturated heterocycles. The fourth-order valence-corrected chi connectivity index (χ4v) is 3.42. The SMILES string of the molecule is CCCc1cc(N2CCCC(N)C2)cc(Nc2ccc(C)c(C#N)c2)n1. The number of benzene rings is 1. The summed E-state index contributed by atoms with van der Waals surface area (Å²) in [5.41, 5.74) is 11.0. The smallest absolute Gasteiger partial charge is 0.132 e. The first-order valence-electron chi connectivity index (χ1n) is 9.38. The monoisotopic (exact) mass is 349 g/mol. The van der Waals surface area contributed by atoms with Gasteiger partial charge in [0.1, 0.15) is 5.82 Å². The van der Waals surface area contributed by atoms with Crippen molar-refractivity contribution in [2.24, 2.45) is 5.73 Å². The number of hydrogen-bond donors (Lipinski definition) is 2. The summed E-state index contributed by atoms with van der Waals surface area (Å²) in [5.74, 6) is 0.817. The van der Waals surface area contributed by atoms with E-state index in [0.29, 0.717) is 5.56 Å². The molecule has 0 saturated carbocycles. The van der Waals surface area contributed by atoms with Crippen molar-refractivity contribution in [2.75, 3.05) is 23.3 Å². The van der Waals surface area contributed by atoms with Gasteiger partial charge in [0.25, 0.3) is 0 Å². The molecular weight excluding hydrogens is 322 g/mol. The second kappa shape index (κ2) is 8.20. The number of piperidine rings is 1. The van der Waals surface area contributed by atoms with Gasteiger partial charge in [0.2, 0.25) is 0 Å². The van der Waals surface area contributed by atoms with E-state index >= 15 is 0 Å². The predicted octanol–water partition coefficient (Wildman–Crippen LogP) is 3.89. The van der Waals surface area contributed by atoms with Gasteiger partial charge in [-0.2, -0.15) is 5.26 Å². The average molecular weight is 349 g/mol. The van der Waals surface area contributed by atoms with Crippen LogP contribution in [0, 0.1) is 18.3 Å². The Balaban J connectivity index is 1.89. The van der Waals surface area contributed by atoms with Gasteiger partial charge in [-0.3, -0.25) is 0 Å². The average Bonchev–Trinajstić information content (AvgIpc) is 2.63. The number of anilines is 3. The Hall–Kier alpha value is -2.58. The molecule has 2 heterocycles. The van der Waals surface area contributed by atoms with E-state index in [-0.39, 0.29) is 6.04 Å². The molecule has 0 spiro atoms. The number of aryl methyl sites for hydroxylation is 2. The Morgan fingerprint density at radius 2 is 2.19 bits per heavy atom. The third-order valence-electron chi connectivity index (χ3n) is 4.82. The van der Waals surface area contributed by atoms with Crippen molar-refractivity contribution < 1.29 is 0 Å². The number of aromatic nitrogens is 1. The van der Waals surface area contributed by atoms with Crippen molar-refractivity contribution in [1.82, 2.24) is 4.98 Å². The lowest BCUT2D eigenvalue weighted by atomic mass is 10.1. The zero-order valence-corrected chi connectivity index (χ0v) is 15.6. The van der Waals surface area contributed by atoms with E-state index in [4.69, 9.17) is 10.7 Å². The molecule has 1 aliphatic heterocycles. The maximum Gasteiger partial charge on any atom is 0.132 e. The molecule has 5 nitrogen and oxygen atoms in total. The Labute approximate surface area is 155 Å². The summed E-state index contributed by atoms with van der Waals surface area (Å²) in [7, 11) is 0. The Morgan fingerprint density at radius 1 is 1.35 bits per heavy atom. The van der Waals surface area contributed by atoms with E-state index in [1.165, 1.54) is 5.69 Å². The molecule has 1 aromatic carbocycles. The zero-order chi connectivity index (χ0) is 18.5. The van der Waals surface area contributed by atoms with Gasteiger partial charge in [-0.15, -0.1) is 0 Å². The van der Waals surface area contributed by atoms with Crippen molar-refractivity contribution in [3.8, 4) is 6.07 Å². The minimum atomic E-state index is 0.234. The summed E-state index contributed by atoms with van der Waals surface area (Å²) in [4.78, 5) is 7.12. The second-order valence-corrected chi connectivity index (χ2v) is 7.07. The Bertz CT molecular complexity index is 809. The molecule has 0 radical (unpaired) electrons. The molecule has 1 unspecified atom stereocenters. The lowest BCUT2D eigenvalue weighted by Gasteiger charge is -2.33. The molecule has 26 heavy (non-hydrogen) atoms. The molecule has 1 fully saturated rings. The standard InChI is InChI=1S/C21H27N5/c1-3-5-18-11-20(26-9-4-6-17(23)14-26)12-21(24-18)25-19-8-7-15(2)16(10-19)13-22/h7-8,10-12,17H,3-6,9,14,23H2,1-2H3,(H,24,25). The Kier molecular flexibility index (Phi) is 5.75. The summed E-state index contributed by atoms with van der Waals surface area (Å²) >= 11 is 0. The largest absolute Gasteiger partial charge is 0.370 e. The number of hydrogen-bond acceptors (Lipinski definition) is 5. The van der Waals surface area contributed by atoms with Gasteiger partial charge in [-0.05, 0) is 49.9 Å². The van der Waals surface area contributed by atoms with Crippen LogP contribution in [0.25, 0.3) is 0 Å². The summed E-state index contributed by atoms with van der Waals surface area (Å²) in [6, 6.07) is 12.6. The summed E-state index contributed by atoms with van der Waals surface area (Å²) in [6.07, 6.45) is 4.21. The summed E-state index contributed by atoms with van der Waals surface area (Å²) < 4.78 is 0. The first-order valence-corrected chi connectivity index (χ1v) is 9.38. The molecule has 3 rings (SSSR count). The van der Waals surface area contributed by atoms with Crippen LogP contribution >= 0.6 is 0 Å². The maximum absolute atomic E-state index is 9.25. The fourth-order valence-electron chi connectivity index (χ4n) is 3.42. The fraction of sp³-hybridized carbons (Fsp3) is 0.429. The molecule has 1 atom stereocenters. The van der Waals surface area contributed by atoms with Crippen LogP contribution in [0.3, 0.4) is 0 Å². The van der Waals surface area contributed by atoms with E-state index in [0.717, 1.165) is 61.5 Å². The first-order chi connectivity index (χ1) is 12.6. The van der Waals surface area contributed by atoms with E-state index in [9.17, 15) is 5.26 Å². The molecule has 1 aromatic heterocycles. The lowest BCUT2D eigenvalue weighted by Crippen LogP contribution is -2.42. The number of nitrogens with one attached hydrogen (secondary N) is 1. The van der Waals surface area contributed by atoms with Crippen LogP contribution in [-0.4, -0.2) is 24.1 Å². The van der Waals surface area contributed by atoms with E-state index in [1.807, 2.05) is 25.1 Å². The van der Waals surface area contributed by atoms with Crippen molar-refractivity contribution in [3.05, 3.63) is 47.2 Å². The van der Waals surface area contributed by atoms with Gasteiger partial charge >= 0.3 is 0 Å². The van der Waals surface area contributed by atoms with Gasteiger partial charge in [-0.1, -0.05) is 19.4 Å². The molecule has 0 amide bonds. The van der Waals surface area contributed by atoms with E-state index < -0.39 is 0 Å². The van der Waals surface area contributed by atoms with Crippen LogP contribution in [0.15, 0.2) is 30.3 Å². The summed E-state index contributed by atoms with van der Waals surface area (Å²) in [5, 5.41) is 12.6. The minimum absolute atomic E-state index is 0.234. The maximum atomic E-state index is 9.25. The third-order valence-corrected chi connectivity index (χ3v) is 4.82. The first kappa shape index (κ1) is 18.2. The number of nitriles is 1. The number of nitrogens with two attached hydrogens (primary N) is 1. The normalized spacial score (nSPS) is 17.0. The van der Waals surface area contributed by atoms with Crippen LogP contribution in [0.1, 0.15) is 43.0 Å². The van der Waals surface area contributed by atoms with Gasteiger partial charge in [0.05, 0.1) is 11.6 Å². The highest BCUT2D eigenvalue weighted by Gasteiger charge is 2.18. The van der Waals surface area contributed by atoms with Gasteiger partial charge in [-0.25, -0.2) is 4.98 Å². The van der Waals surface area contributed by atoms with Crippen LogP contribution in [-0.2, 0) is 6.42 Å². The Morgan fingerprint density at radius 3 is 2.92 bits per heavy atom. The molecular formula is C21H27N5. The van der Waals surface area contributed by atoms with Gasteiger partial charge < -0.3 is 16.0 Å². The van der Waals surface area contributed by atoms with Crippen LogP contribution in [0.5, 0.6) is 0 Å². The molecule has 0 aliphatic carbocycles. The lowest BCUT2D eigenvalue weighted by molar-refractivity contribution is 0.506. The number of pyridine rings is 1. The van der Waals surface area contributed by atoms with Crippen LogP contribution in [0.4, 0.5) is 17.2 Å². The van der Waals surface area contributed by atoms with Crippen molar-refractivity contribution in [3.63, 3.8) is 0 Å². The zero-order valence-electron chi connectivity index (χ0n) is 15.6. The summed E-state index contributed by atoms with van der Waals surface area (Å²) in [6.45, 7) is 6.03. The number of nitrogens with zero attached hydrogens (tertiary/aromatic N) is 3. The highest BCUT2D eigenvalue weighted by molar-refractivity contribution is 5.64. The minimum Gasteiger partial charge on any atom is -0.370 e. The van der Waals surface area contributed by atoms with E-state index in [1.54, 1.807) is 0 Å². The van der Waals surface area contributed by atoms with Gasteiger partial charge in [0, 0.05) is 42.3 Å². The predicted molar refractivity (Wildman–Crippen MR) is 107 cm³/mol.